The summed E-state index contributed by atoms with van der Waals surface area (Å²) in [6.07, 6.45) is 6.48. The Morgan fingerprint density at radius 1 is 1.00 bits per heavy atom. The van der Waals surface area contributed by atoms with Crippen LogP contribution in [0.2, 0.25) is 0 Å². The minimum absolute atomic E-state index is 0.767. The first-order valence-electron chi connectivity index (χ1n) is 8.75. The van der Waals surface area contributed by atoms with Crippen molar-refractivity contribution in [2.45, 2.75) is 46.0 Å². The van der Waals surface area contributed by atoms with E-state index in [1.807, 2.05) is 0 Å². The molecule has 2 heteroatoms. The number of benzene rings is 1. The molecule has 1 aliphatic heterocycles. The van der Waals surface area contributed by atoms with Crippen molar-refractivity contribution in [2.24, 2.45) is 5.92 Å². The molecule has 1 aliphatic rings. The first-order chi connectivity index (χ1) is 10.3. The van der Waals surface area contributed by atoms with Crippen LogP contribution in [0.5, 0.6) is 0 Å². The van der Waals surface area contributed by atoms with E-state index in [1.165, 1.54) is 58.3 Å². The van der Waals surface area contributed by atoms with Gasteiger partial charge in [0.05, 0.1) is 0 Å². The van der Waals surface area contributed by atoms with E-state index < -0.39 is 0 Å². The van der Waals surface area contributed by atoms with E-state index in [4.69, 9.17) is 0 Å². The standard InChI is InChI=1S/C19H32N2/c1-17(2)16-20-12-6-3-7-13-21-14-10-18-8-4-5-9-19(18)11-15-21/h4-5,8-9,17,20H,3,6-7,10-16H2,1-2H3. The Hall–Kier alpha value is -0.860. The third-order valence-corrected chi connectivity index (χ3v) is 4.39. The highest BCUT2D eigenvalue weighted by Gasteiger charge is 2.12. The second-order valence-electron chi connectivity index (χ2n) is 6.77. The molecule has 0 saturated carbocycles. The summed E-state index contributed by atoms with van der Waals surface area (Å²) >= 11 is 0. The van der Waals surface area contributed by atoms with Crippen LogP contribution in [0.4, 0.5) is 0 Å². The molecule has 0 radical (unpaired) electrons. The first kappa shape index (κ1) is 16.5. The maximum Gasteiger partial charge on any atom is 0.00221 e. The van der Waals surface area contributed by atoms with Crippen LogP contribution in [0.1, 0.15) is 44.2 Å². The third kappa shape index (κ3) is 6.19. The molecule has 21 heavy (non-hydrogen) atoms. The summed E-state index contributed by atoms with van der Waals surface area (Å²) in [5.74, 6) is 0.767. The molecule has 0 atom stereocenters. The number of nitrogens with zero attached hydrogens (tertiary/aromatic N) is 1. The lowest BCUT2D eigenvalue weighted by molar-refractivity contribution is 0.280. The van der Waals surface area contributed by atoms with Gasteiger partial charge in [0.2, 0.25) is 0 Å². The third-order valence-electron chi connectivity index (χ3n) is 4.39. The summed E-state index contributed by atoms with van der Waals surface area (Å²) in [5, 5.41) is 3.53. The number of nitrogens with one attached hydrogen (secondary N) is 1. The van der Waals surface area contributed by atoms with E-state index in [2.05, 4.69) is 48.3 Å². The fraction of sp³-hybridized carbons (Fsp3) is 0.684. The van der Waals surface area contributed by atoms with Crippen molar-refractivity contribution in [3.05, 3.63) is 35.4 Å². The lowest BCUT2D eigenvalue weighted by atomic mass is 10.0. The number of rotatable bonds is 8. The van der Waals surface area contributed by atoms with E-state index in [9.17, 15) is 0 Å². The van der Waals surface area contributed by atoms with Crippen molar-refractivity contribution < 1.29 is 0 Å². The largest absolute Gasteiger partial charge is 0.316 e. The lowest BCUT2D eigenvalue weighted by Crippen LogP contribution is -2.27. The molecule has 0 bridgehead atoms. The van der Waals surface area contributed by atoms with Gasteiger partial charge in [-0.3, -0.25) is 0 Å². The number of hydrogen-bond acceptors (Lipinski definition) is 2. The first-order valence-corrected chi connectivity index (χ1v) is 8.75. The van der Waals surface area contributed by atoms with Crippen LogP contribution >= 0.6 is 0 Å². The summed E-state index contributed by atoms with van der Waals surface area (Å²) in [4.78, 5) is 2.65. The molecule has 0 fully saturated rings. The highest BCUT2D eigenvalue weighted by atomic mass is 15.1. The highest BCUT2D eigenvalue weighted by Crippen LogP contribution is 2.15. The average molecular weight is 288 g/mol. The zero-order valence-electron chi connectivity index (χ0n) is 13.9. The van der Waals surface area contributed by atoms with Gasteiger partial charge >= 0.3 is 0 Å². The molecule has 1 aromatic carbocycles. The average Bonchev–Trinajstić information content (AvgIpc) is 2.69. The normalized spacial score (nSPS) is 16.0. The molecule has 2 rings (SSSR count). The van der Waals surface area contributed by atoms with E-state index >= 15 is 0 Å². The van der Waals surface area contributed by atoms with Crippen LogP contribution in [0.3, 0.4) is 0 Å². The Labute approximate surface area is 130 Å². The van der Waals surface area contributed by atoms with Crippen molar-refractivity contribution >= 4 is 0 Å². The van der Waals surface area contributed by atoms with Gasteiger partial charge < -0.3 is 10.2 Å². The molecule has 2 nitrogen and oxygen atoms in total. The highest BCUT2D eigenvalue weighted by molar-refractivity contribution is 5.28. The van der Waals surface area contributed by atoms with Crippen molar-refractivity contribution in [1.82, 2.24) is 10.2 Å². The summed E-state index contributed by atoms with van der Waals surface area (Å²) in [5.41, 5.74) is 3.13. The maximum atomic E-state index is 3.53. The minimum Gasteiger partial charge on any atom is -0.316 e. The van der Waals surface area contributed by atoms with Gasteiger partial charge in [-0.25, -0.2) is 0 Å². The molecule has 118 valence electrons. The summed E-state index contributed by atoms with van der Waals surface area (Å²) in [6.45, 7) is 10.6. The smallest absolute Gasteiger partial charge is 0.00221 e. The van der Waals surface area contributed by atoms with Gasteiger partial charge in [0, 0.05) is 13.1 Å². The number of unbranched alkanes of at least 4 members (excludes halogenated alkanes) is 2. The van der Waals surface area contributed by atoms with E-state index in [0.717, 1.165) is 12.5 Å². The number of hydrogen-bond donors (Lipinski definition) is 1. The molecule has 0 aliphatic carbocycles. The molecule has 0 spiro atoms. The second-order valence-corrected chi connectivity index (χ2v) is 6.77. The van der Waals surface area contributed by atoms with Gasteiger partial charge in [-0.05, 0) is 62.4 Å². The second kappa shape index (κ2) is 9.22. The lowest BCUT2D eigenvalue weighted by Gasteiger charge is -2.19. The molecule has 1 heterocycles. The molecule has 1 aromatic rings. The summed E-state index contributed by atoms with van der Waals surface area (Å²) < 4.78 is 0. The monoisotopic (exact) mass is 288 g/mol. The molecule has 0 amide bonds. The Morgan fingerprint density at radius 3 is 2.29 bits per heavy atom. The zero-order chi connectivity index (χ0) is 14.9. The van der Waals surface area contributed by atoms with Gasteiger partial charge in [-0.2, -0.15) is 0 Å². The van der Waals surface area contributed by atoms with Crippen molar-refractivity contribution in [2.75, 3.05) is 32.7 Å². The van der Waals surface area contributed by atoms with Crippen LogP contribution in [-0.2, 0) is 12.8 Å². The molecule has 0 saturated heterocycles. The number of fused-ring (bicyclic) bond motifs is 1. The van der Waals surface area contributed by atoms with Gasteiger partial charge in [0.25, 0.3) is 0 Å². The Morgan fingerprint density at radius 2 is 1.67 bits per heavy atom. The van der Waals surface area contributed by atoms with E-state index in [1.54, 1.807) is 11.1 Å². The van der Waals surface area contributed by atoms with Crippen molar-refractivity contribution in [1.29, 1.82) is 0 Å². The van der Waals surface area contributed by atoms with Crippen LogP contribution in [0, 0.1) is 5.92 Å². The fourth-order valence-corrected chi connectivity index (χ4v) is 3.09. The van der Waals surface area contributed by atoms with Crippen LogP contribution in [0.15, 0.2) is 24.3 Å². The minimum atomic E-state index is 0.767. The van der Waals surface area contributed by atoms with Gasteiger partial charge in [0.1, 0.15) is 0 Å². The van der Waals surface area contributed by atoms with Crippen LogP contribution in [0.25, 0.3) is 0 Å². The topological polar surface area (TPSA) is 15.3 Å². The SMILES string of the molecule is CC(C)CNCCCCCN1CCc2ccccc2CC1. The fourth-order valence-electron chi connectivity index (χ4n) is 3.09. The quantitative estimate of drug-likeness (QED) is 0.737. The van der Waals surface area contributed by atoms with Crippen molar-refractivity contribution in [3.8, 4) is 0 Å². The van der Waals surface area contributed by atoms with Crippen LogP contribution < -0.4 is 5.32 Å². The molecule has 0 unspecified atom stereocenters. The Balaban J connectivity index is 1.56. The predicted molar refractivity (Wildman–Crippen MR) is 91.8 cm³/mol. The molecule has 1 N–H and O–H groups in total. The van der Waals surface area contributed by atoms with Gasteiger partial charge in [-0.1, -0.05) is 44.5 Å². The Bertz CT molecular complexity index is 373. The van der Waals surface area contributed by atoms with Gasteiger partial charge in [-0.15, -0.1) is 0 Å². The van der Waals surface area contributed by atoms with Crippen LogP contribution in [-0.4, -0.2) is 37.6 Å². The van der Waals surface area contributed by atoms with Gasteiger partial charge in [0.15, 0.2) is 0 Å². The van der Waals surface area contributed by atoms with E-state index in [-0.39, 0.29) is 0 Å². The van der Waals surface area contributed by atoms with E-state index in [0.29, 0.717) is 0 Å². The molecular formula is C19H32N2. The molecule has 0 aromatic heterocycles. The Kier molecular flexibility index (Phi) is 7.25. The summed E-state index contributed by atoms with van der Waals surface area (Å²) in [7, 11) is 0. The summed E-state index contributed by atoms with van der Waals surface area (Å²) in [6, 6.07) is 8.97. The predicted octanol–water partition coefficient (Wildman–Crippen LogP) is 3.50. The molecular weight excluding hydrogens is 256 g/mol. The zero-order valence-corrected chi connectivity index (χ0v) is 13.9. The maximum absolute atomic E-state index is 3.53. The van der Waals surface area contributed by atoms with Crippen molar-refractivity contribution in [3.63, 3.8) is 0 Å².